The summed E-state index contributed by atoms with van der Waals surface area (Å²) in [7, 11) is 0. The number of carbonyl (C=O) groups excluding carboxylic acids is 2. The number of likely N-dealkylation sites (tertiary alicyclic amines) is 8. The molecule has 8 aliphatic heterocycles. The molecule has 0 aromatic heterocycles. The summed E-state index contributed by atoms with van der Waals surface area (Å²) in [5.74, 6) is -1.56. The van der Waals surface area contributed by atoms with Crippen molar-refractivity contribution in [2.75, 3.05) is 65.6 Å². The predicted molar refractivity (Wildman–Crippen MR) is 367 cm³/mol. The molecule has 7 unspecified atom stereocenters. The molecule has 0 saturated carbocycles. The van der Waals surface area contributed by atoms with E-state index >= 15 is 0 Å². The van der Waals surface area contributed by atoms with Crippen LogP contribution in [0, 0.1) is 29.6 Å². The first kappa shape index (κ1) is 85.3. The molecule has 0 bridgehead atoms. The quantitative estimate of drug-likeness (QED) is 0.160. The maximum atomic E-state index is 13.1. The zero-order valence-corrected chi connectivity index (χ0v) is 62.3. The molecule has 0 aliphatic carbocycles. The van der Waals surface area contributed by atoms with Crippen molar-refractivity contribution in [2.24, 2.45) is 29.6 Å². The predicted octanol–water partition coefficient (Wildman–Crippen LogP) is 17.3. The van der Waals surface area contributed by atoms with Gasteiger partial charge < -0.3 is 9.80 Å². The molecule has 8 aliphatic rings. The Labute approximate surface area is 545 Å². The second-order valence-corrected chi connectivity index (χ2v) is 30.8. The van der Waals surface area contributed by atoms with E-state index in [-0.39, 0.29) is 62.7 Å². The molecule has 16 heteroatoms. The minimum absolute atomic E-state index is 0.0190. The highest BCUT2D eigenvalue weighted by Crippen LogP contribution is 2.37. The van der Waals surface area contributed by atoms with Crippen molar-refractivity contribution < 1.29 is 35.9 Å². The first-order valence-electron chi connectivity index (χ1n) is 36.3. The topological polar surface area (TPSA) is 60.1 Å². The summed E-state index contributed by atoms with van der Waals surface area (Å²) in [5, 5.41) is 0. The van der Waals surface area contributed by atoms with Gasteiger partial charge in [0.05, 0.1) is 13.1 Å². The lowest BCUT2D eigenvalue weighted by Gasteiger charge is -2.30. The highest BCUT2D eigenvalue weighted by Gasteiger charge is 2.47. The van der Waals surface area contributed by atoms with Crippen LogP contribution in [-0.2, 0) is 9.59 Å². The molecule has 8 rings (SSSR count). The Morgan fingerprint density at radius 3 is 1.21 bits per heavy atom. The number of hydrogen-bond donors (Lipinski definition) is 0. The molecule has 89 heavy (non-hydrogen) atoms. The van der Waals surface area contributed by atoms with Gasteiger partial charge in [-0.1, -0.05) is 83.1 Å². The summed E-state index contributed by atoms with van der Waals surface area (Å²) in [6, 6.07) is 6.38. The third-order valence-corrected chi connectivity index (χ3v) is 20.3. The molecule has 8 fully saturated rings. The molecule has 8 heterocycles. The van der Waals surface area contributed by atoms with Crippen LogP contribution in [0.25, 0.3) is 0 Å². The third-order valence-electron chi connectivity index (χ3n) is 20.3. The minimum atomic E-state index is -2.47. The van der Waals surface area contributed by atoms with Gasteiger partial charge in [-0.25, -0.2) is 26.3 Å². The van der Waals surface area contributed by atoms with Crippen molar-refractivity contribution in [2.45, 2.75) is 366 Å². The number of amides is 2. The maximum Gasteiger partial charge on any atom is 0.262 e. The van der Waals surface area contributed by atoms with Gasteiger partial charge in [-0.2, -0.15) is 0 Å². The second-order valence-electron chi connectivity index (χ2n) is 30.8. The van der Waals surface area contributed by atoms with Crippen LogP contribution in [0.4, 0.5) is 26.3 Å². The van der Waals surface area contributed by atoms with E-state index in [1.54, 1.807) is 6.92 Å². The zero-order valence-electron chi connectivity index (χ0n) is 62.3. The lowest BCUT2D eigenvalue weighted by atomic mass is 10.0. The molecule has 9 atom stereocenters. The fraction of sp³-hybridized carbons (Fsp3) is 0.973. The van der Waals surface area contributed by atoms with Crippen LogP contribution >= 0.6 is 0 Å². The summed E-state index contributed by atoms with van der Waals surface area (Å²) in [4.78, 5) is 40.1. The molecular formula is C73H144F6N8O2. The van der Waals surface area contributed by atoms with E-state index in [0.29, 0.717) is 85.2 Å². The molecule has 0 radical (unpaired) electrons. The van der Waals surface area contributed by atoms with Gasteiger partial charge in [0, 0.05) is 131 Å². The average Bonchev–Trinajstić information content (AvgIpc) is 2.22. The largest absolute Gasteiger partial charge is 0.340 e. The van der Waals surface area contributed by atoms with Crippen LogP contribution < -0.4 is 0 Å². The Kier molecular flexibility index (Phi) is 40.2. The van der Waals surface area contributed by atoms with Gasteiger partial charge >= 0.3 is 0 Å². The van der Waals surface area contributed by atoms with E-state index in [1.807, 2.05) is 70.1 Å². The van der Waals surface area contributed by atoms with E-state index in [9.17, 15) is 35.9 Å². The van der Waals surface area contributed by atoms with Crippen LogP contribution in [0.3, 0.4) is 0 Å². The van der Waals surface area contributed by atoms with Crippen molar-refractivity contribution in [3.05, 3.63) is 0 Å². The van der Waals surface area contributed by atoms with E-state index < -0.39 is 18.0 Å². The van der Waals surface area contributed by atoms with Gasteiger partial charge in [0.15, 0.2) is 0 Å². The van der Waals surface area contributed by atoms with Gasteiger partial charge in [-0.05, 0) is 209 Å². The fourth-order valence-electron chi connectivity index (χ4n) is 15.4. The summed E-state index contributed by atoms with van der Waals surface area (Å²) in [5.41, 5.74) is 0. The summed E-state index contributed by atoms with van der Waals surface area (Å²) < 4.78 is 76.9. The van der Waals surface area contributed by atoms with Gasteiger partial charge in [0.25, 0.3) is 11.8 Å². The SMILES string of the molecule is CC(=O)N1CCCC1C(C)C.CC(C)C1CC(F)(F)CN1C(C)C.CC(C)C1CCCN1CCF.CC(C)C1C[C@H](F)CN1C(C)C.CC(C)N1CC(F)(F)CC1C.CC(C)N1CCCC1C.CCC(=O)N1CCCC1C(C)C.CC[C@@H]1CCCN1C(C)C. The average molecular weight is 1280 g/mol. The highest BCUT2D eigenvalue weighted by molar-refractivity contribution is 5.76. The Bertz CT molecular complexity index is 1840. The van der Waals surface area contributed by atoms with Gasteiger partial charge in [-0.3, -0.25) is 39.0 Å². The first-order valence-corrected chi connectivity index (χ1v) is 36.3. The van der Waals surface area contributed by atoms with Crippen LogP contribution in [0.5, 0.6) is 0 Å². The Hall–Kier alpha value is -1.72. The van der Waals surface area contributed by atoms with Crippen molar-refractivity contribution in [3.8, 4) is 0 Å². The minimum Gasteiger partial charge on any atom is -0.340 e. The summed E-state index contributed by atoms with van der Waals surface area (Å²) in [6.07, 6.45) is 15.1. The van der Waals surface area contributed by atoms with Gasteiger partial charge in [-0.15, -0.1) is 0 Å². The molecule has 0 spiro atoms. The number of halogens is 6. The van der Waals surface area contributed by atoms with Crippen molar-refractivity contribution in [1.29, 1.82) is 0 Å². The standard InChI is InChI=1S/C10H19F2N.C10H20FN.C10H19NO.C9H18FN.C9H17NO.C9H19N.C8H15F2N.C8H17N/c1-7(2)9-5-10(11,12)6-13(9)8(3)4;1-7(2)10-5-9(11)6-12(10)8(3)4;1-4-10(12)11-7-5-6-9(11)8(2)3;1-8(2)9-4-3-6-11(9)7-5-10;1-7(2)9-5-4-6-10(9)8(3)11;1-4-9-6-5-7-10(9)8(2)3;1-6(2)11-5-8(9,10)4-7(11)3;1-7(2)9-6-4-5-8(9)3/h7-9H,5-6H2,1-4H3;7-10H,5-6H2,1-4H3;8-9H,4-7H2,1-3H3;8-9H,3-7H2,1-2H3;7,9H,4-6H2,1-3H3;8-9H,4-7H2,1-3H3;6-7H,4-5H2,1-3H3;7-8H,4-6H2,1-3H3/t;9-,10?;;;;9-;;/m.0...1../s1. The molecule has 8 saturated heterocycles. The zero-order chi connectivity index (χ0) is 68.4. The molecule has 0 aromatic rings. The lowest BCUT2D eigenvalue weighted by Crippen LogP contribution is -2.39. The fourth-order valence-corrected chi connectivity index (χ4v) is 15.4. The first-order chi connectivity index (χ1) is 41.3. The van der Waals surface area contributed by atoms with Crippen LogP contribution in [-0.4, -0.2) is 213 Å². The molecular weight excluding hydrogens is 1130 g/mol. The number of nitrogens with zero attached hydrogens (tertiary/aromatic N) is 8. The Balaban J connectivity index is 0.000000509. The maximum absolute atomic E-state index is 13.1. The Morgan fingerprint density at radius 2 is 0.876 bits per heavy atom. The van der Waals surface area contributed by atoms with Crippen LogP contribution in [0.1, 0.15) is 269 Å². The normalized spacial score (nSPS) is 28.3. The number of carbonyl (C=O) groups is 2. The number of rotatable bonds is 14. The van der Waals surface area contributed by atoms with Gasteiger partial charge in [0.1, 0.15) is 12.8 Å². The van der Waals surface area contributed by atoms with Crippen molar-refractivity contribution >= 4 is 11.8 Å². The van der Waals surface area contributed by atoms with Crippen molar-refractivity contribution in [3.63, 3.8) is 0 Å². The van der Waals surface area contributed by atoms with Crippen molar-refractivity contribution in [1.82, 2.24) is 39.2 Å². The lowest BCUT2D eigenvalue weighted by molar-refractivity contribution is -0.132. The smallest absolute Gasteiger partial charge is 0.262 e. The highest BCUT2D eigenvalue weighted by atomic mass is 19.3. The number of alkyl halides is 6. The van der Waals surface area contributed by atoms with E-state index in [2.05, 4.69) is 135 Å². The van der Waals surface area contributed by atoms with Gasteiger partial charge in [0.2, 0.25) is 11.8 Å². The molecule has 2 amide bonds. The van der Waals surface area contributed by atoms with E-state index in [1.165, 1.54) is 83.7 Å². The summed E-state index contributed by atoms with van der Waals surface area (Å²) >= 11 is 0. The molecule has 0 aromatic carbocycles. The molecule has 0 N–H and O–H groups in total. The molecule has 530 valence electrons. The molecule has 10 nitrogen and oxygen atoms in total. The van der Waals surface area contributed by atoms with Crippen LogP contribution in [0.2, 0.25) is 0 Å². The third kappa shape index (κ3) is 29.9. The van der Waals surface area contributed by atoms with E-state index in [0.717, 1.165) is 50.2 Å². The summed E-state index contributed by atoms with van der Waals surface area (Å²) in [6.45, 7) is 59.7. The Morgan fingerprint density at radius 1 is 0.461 bits per heavy atom. The van der Waals surface area contributed by atoms with E-state index in [4.69, 9.17) is 0 Å². The van der Waals surface area contributed by atoms with Crippen LogP contribution in [0.15, 0.2) is 0 Å². The monoisotopic (exact) mass is 1280 g/mol. The second kappa shape index (κ2) is 42.0. The number of hydrogen-bond acceptors (Lipinski definition) is 8.